The van der Waals surface area contributed by atoms with Crippen LogP contribution in [0.4, 0.5) is 5.69 Å². The summed E-state index contributed by atoms with van der Waals surface area (Å²) in [6, 6.07) is 9.93. The van der Waals surface area contributed by atoms with Gasteiger partial charge in [-0.25, -0.2) is 9.97 Å². The first-order valence-electron chi connectivity index (χ1n) is 12.9. The summed E-state index contributed by atoms with van der Waals surface area (Å²) in [5.41, 5.74) is 7.68. The van der Waals surface area contributed by atoms with Gasteiger partial charge in [-0.1, -0.05) is 32.9 Å². The number of aromatic nitrogens is 6. The Balaban J connectivity index is 1.29. The number of pyridine rings is 4. The van der Waals surface area contributed by atoms with Crippen molar-refractivity contribution in [3.63, 3.8) is 0 Å². The first-order chi connectivity index (χ1) is 18.8. The second-order valence-electron chi connectivity index (χ2n) is 11.2. The van der Waals surface area contributed by atoms with Gasteiger partial charge in [0.1, 0.15) is 11.2 Å². The highest BCUT2D eigenvalue weighted by Gasteiger charge is 2.51. The summed E-state index contributed by atoms with van der Waals surface area (Å²) in [4.78, 5) is 44.2. The second kappa shape index (κ2) is 8.36. The Labute approximate surface area is 224 Å². The topological polar surface area (TPSA) is 122 Å². The summed E-state index contributed by atoms with van der Waals surface area (Å²) < 4.78 is 0. The number of nitrogens with zero attached hydrogens (tertiary/aromatic N) is 6. The third-order valence-electron chi connectivity index (χ3n) is 7.23. The Hall–Kier alpha value is -4.79. The Morgan fingerprint density at radius 2 is 1.77 bits per heavy atom. The summed E-state index contributed by atoms with van der Waals surface area (Å²) in [5.74, 6) is 0.598. The highest BCUT2D eigenvalue weighted by atomic mass is 16.2. The lowest BCUT2D eigenvalue weighted by Gasteiger charge is -2.17. The normalized spacial score (nSPS) is 15.3. The number of aromatic amines is 1. The van der Waals surface area contributed by atoms with E-state index in [1.807, 2.05) is 57.4 Å². The number of amides is 1. The highest BCUT2D eigenvalue weighted by Crippen LogP contribution is 2.54. The number of rotatable bonds is 4. The molecule has 0 saturated heterocycles. The van der Waals surface area contributed by atoms with E-state index in [0.717, 1.165) is 63.2 Å². The van der Waals surface area contributed by atoms with Gasteiger partial charge >= 0.3 is 0 Å². The van der Waals surface area contributed by atoms with Crippen molar-refractivity contribution in [3.05, 3.63) is 84.6 Å². The Morgan fingerprint density at radius 1 is 0.949 bits per heavy atom. The summed E-state index contributed by atoms with van der Waals surface area (Å²) in [6.07, 6.45) is 12.5. The largest absolute Gasteiger partial charge is 0.335 e. The van der Waals surface area contributed by atoms with Crippen LogP contribution >= 0.6 is 0 Å². The van der Waals surface area contributed by atoms with Crippen molar-refractivity contribution in [1.82, 2.24) is 29.9 Å². The molecule has 1 amide bonds. The fraction of sp³-hybridized carbons (Fsp3) is 0.233. The molecule has 9 heteroatoms. The third-order valence-corrected chi connectivity index (χ3v) is 7.23. The highest BCUT2D eigenvalue weighted by molar-refractivity contribution is 6.14. The number of hydrogen-bond donors (Lipinski definition) is 2. The van der Waals surface area contributed by atoms with E-state index in [1.54, 1.807) is 24.8 Å². The van der Waals surface area contributed by atoms with Crippen molar-refractivity contribution in [2.24, 2.45) is 10.4 Å². The van der Waals surface area contributed by atoms with E-state index >= 15 is 0 Å². The van der Waals surface area contributed by atoms with E-state index in [2.05, 4.69) is 31.3 Å². The SMILES string of the molecule is CC(C)(C)C(=O)Nc1cncc(-c2ccc3c(n2)C(c2nc4c(-c5cccnc5)cncc4[nH]2)=NC32CC2)c1. The van der Waals surface area contributed by atoms with Gasteiger partial charge in [-0.2, -0.15) is 0 Å². The lowest BCUT2D eigenvalue weighted by Crippen LogP contribution is -2.27. The molecule has 6 heterocycles. The van der Waals surface area contributed by atoms with Gasteiger partial charge in [0, 0.05) is 52.5 Å². The first kappa shape index (κ1) is 23.3. The van der Waals surface area contributed by atoms with Gasteiger partial charge in [0.2, 0.25) is 5.91 Å². The molecule has 2 aliphatic rings. The molecule has 5 aromatic rings. The fourth-order valence-corrected chi connectivity index (χ4v) is 4.91. The zero-order valence-corrected chi connectivity index (χ0v) is 21.9. The summed E-state index contributed by atoms with van der Waals surface area (Å²) >= 11 is 0. The van der Waals surface area contributed by atoms with Crippen molar-refractivity contribution in [2.45, 2.75) is 39.2 Å². The van der Waals surface area contributed by atoms with Gasteiger partial charge in [-0.05, 0) is 31.0 Å². The molecule has 1 spiro atoms. The number of fused-ring (bicyclic) bond motifs is 3. The van der Waals surface area contributed by atoms with Crippen LogP contribution in [0, 0.1) is 5.41 Å². The third kappa shape index (κ3) is 3.98. The minimum absolute atomic E-state index is 0.0708. The molecule has 1 fully saturated rings. The van der Waals surface area contributed by atoms with Crippen LogP contribution in [-0.2, 0) is 10.3 Å². The maximum Gasteiger partial charge on any atom is 0.229 e. The Bertz CT molecular complexity index is 1800. The molecule has 0 atom stereocenters. The molecular formula is C30H26N8O. The van der Waals surface area contributed by atoms with Crippen LogP contribution in [0.25, 0.3) is 33.4 Å². The number of aliphatic imine (C=N–C) groups is 1. The molecule has 5 aromatic heterocycles. The van der Waals surface area contributed by atoms with Crippen LogP contribution in [0.1, 0.15) is 50.7 Å². The van der Waals surface area contributed by atoms with Gasteiger partial charge in [0.15, 0.2) is 5.82 Å². The molecule has 2 N–H and O–H groups in total. The minimum Gasteiger partial charge on any atom is -0.335 e. The number of hydrogen-bond acceptors (Lipinski definition) is 7. The van der Waals surface area contributed by atoms with Crippen molar-refractivity contribution >= 4 is 28.3 Å². The van der Waals surface area contributed by atoms with E-state index in [-0.39, 0.29) is 11.4 Å². The average molecular weight is 515 g/mol. The van der Waals surface area contributed by atoms with Crippen molar-refractivity contribution in [2.75, 3.05) is 5.32 Å². The Kier molecular flexibility index (Phi) is 5.00. The van der Waals surface area contributed by atoms with Crippen molar-refractivity contribution < 1.29 is 4.79 Å². The maximum atomic E-state index is 12.5. The predicted molar refractivity (Wildman–Crippen MR) is 149 cm³/mol. The molecule has 1 saturated carbocycles. The van der Waals surface area contributed by atoms with E-state index in [4.69, 9.17) is 15.0 Å². The van der Waals surface area contributed by atoms with Crippen molar-refractivity contribution in [3.8, 4) is 22.4 Å². The van der Waals surface area contributed by atoms with Crippen LogP contribution in [0.3, 0.4) is 0 Å². The van der Waals surface area contributed by atoms with Crippen molar-refractivity contribution in [1.29, 1.82) is 0 Å². The summed E-state index contributed by atoms with van der Waals surface area (Å²) in [5, 5.41) is 2.96. The first-order valence-corrected chi connectivity index (χ1v) is 12.9. The van der Waals surface area contributed by atoms with E-state index in [9.17, 15) is 4.79 Å². The number of anilines is 1. The Morgan fingerprint density at radius 3 is 2.54 bits per heavy atom. The van der Waals surface area contributed by atoms with Crippen LogP contribution < -0.4 is 5.32 Å². The zero-order valence-electron chi connectivity index (χ0n) is 21.9. The minimum atomic E-state index is -0.509. The standard InChI is InChI=1S/C30H26N8O/c1-29(2,3)28(39)34-19-11-18(13-32-14-19)22-7-6-21-25(35-22)26(38-30(21)8-9-30)27-36-23-16-33-15-20(24(23)37-27)17-5-4-10-31-12-17/h4-7,10-16H,8-9H2,1-3H3,(H,34,39)(H,36,37). The monoisotopic (exact) mass is 514 g/mol. The number of imidazole rings is 1. The van der Waals surface area contributed by atoms with Crippen LogP contribution in [0.2, 0.25) is 0 Å². The molecule has 192 valence electrons. The van der Waals surface area contributed by atoms with Gasteiger partial charge in [0.25, 0.3) is 0 Å². The molecular weight excluding hydrogens is 488 g/mol. The summed E-state index contributed by atoms with van der Waals surface area (Å²) in [7, 11) is 0. The van der Waals surface area contributed by atoms with Crippen LogP contribution in [0.15, 0.2) is 72.5 Å². The van der Waals surface area contributed by atoms with Gasteiger partial charge in [-0.15, -0.1) is 0 Å². The number of carbonyl (C=O) groups excluding carboxylic acids is 1. The zero-order chi connectivity index (χ0) is 26.8. The molecule has 0 bridgehead atoms. The number of H-pyrrole nitrogens is 1. The second-order valence-corrected chi connectivity index (χ2v) is 11.2. The fourth-order valence-electron chi connectivity index (χ4n) is 4.91. The predicted octanol–water partition coefficient (Wildman–Crippen LogP) is 5.30. The molecule has 9 nitrogen and oxygen atoms in total. The lowest BCUT2D eigenvalue weighted by molar-refractivity contribution is -0.123. The van der Waals surface area contributed by atoms with E-state index in [1.165, 1.54) is 0 Å². The number of nitrogens with one attached hydrogen (secondary N) is 2. The molecule has 39 heavy (non-hydrogen) atoms. The van der Waals surface area contributed by atoms with Gasteiger partial charge in [-0.3, -0.25) is 24.7 Å². The molecule has 0 aromatic carbocycles. The van der Waals surface area contributed by atoms with Gasteiger partial charge < -0.3 is 10.3 Å². The molecule has 0 radical (unpaired) electrons. The van der Waals surface area contributed by atoms with E-state index in [0.29, 0.717) is 11.5 Å². The smallest absolute Gasteiger partial charge is 0.229 e. The molecule has 1 aliphatic heterocycles. The maximum absolute atomic E-state index is 12.5. The quantitative estimate of drug-likeness (QED) is 0.336. The lowest BCUT2D eigenvalue weighted by atomic mass is 9.95. The van der Waals surface area contributed by atoms with E-state index < -0.39 is 5.41 Å². The molecule has 1 aliphatic carbocycles. The summed E-state index contributed by atoms with van der Waals surface area (Å²) in [6.45, 7) is 5.64. The average Bonchev–Trinajstić information content (AvgIpc) is 3.47. The van der Waals surface area contributed by atoms with Crippen LogP contribution in [0.5, 0.6) is 0 Å². The van der Waals surface area contributed by atoms with Crippen LogP contribution in [-0.4, -0.2) is 41.5 Å². The molecule has 0 unspecified atom stereocenters. The number of carbonyl (C=O) groups is 1. The van der Waals surface area contributed by atoms with Gasteiger partial charge in [0.05, 0.1) is 40.5 Å². The molecule has 7 rings (SSSR count).